The van der Waals surface area contributed by atoms with Crippen LogP contribution in [0.25, 0.3) is 0 Å². The molecular weight excluding hydrogens is 740 g/mol. The van der Waals surface area contributed by atoms with Crippen LogP contribution in [0, 0.1) is 11.6 Å². The summed E-state index contributed by atoms with van der Waals surface area (Å²) in [5, 5.41) is 28.9. The lowest BCUT2D eigenvalue weighted by molar-refractivity contribution is 0.145. The Kier molecular flexibility index (Phi) is 11.2. The van der Waals surface area contributed by atoms with Gasteiger partial charge in [-0.25, -0.2) is 8.78 Å². The molecule has 0 radical (unpaired) electrons. The molecule has 1 aliphatic rings. The topological polar surface area (TPSA) is 75.0 Å². The van der Waals surface area contributed by atoms with Gasteiger partial charge in [0, 0.05) is 30.2 Å². The van der Waals surface area contributed by atoms with Crippen LogP contribution in [0.5, 0.6) is 0 Å². The Bertz CT molecular complexity index is 1980. The minimum absolute atomic E-state index is 0.0537. The highest BCUT2D eigenvalue weighted by Gasteiger charge is 2.41. The van der Waals surface area contributed by atoms with Gasteiger partial charge in [0.05, 0.1) is 12.1 Å². The molecule has 3 N–H and O–H groups in total. The molecule has 5 aromatic carbocycles. The Labute approximate surface area is 315 Å². The summed E-state index contributed by atoms with van der Waals surface area (Å²) in [6.45, 7) is 2.39. The van der Waals surface area contributed by atoms with Crippen LogP contribution in [0.4, 0.5) is 14.6 Å². The average Bonchev–Trinajstić information content (AvgIpc) is 3.53. The van der Waals surface area contributed by atoms with Gasteiger partial charge in [-0.3, -0.25) is 0 Å². The number of rotatable bonds is 13. The lowest BCUT2D eigenvalue weighted by Crippen LogP contribution is -2.44. The third kappa shape index (κ3) is 7.57. The van der Waals surface area contributed by atoms with Gasteiger partial charge < -0.3 is 15.7 Å². The molecule has 0 fully saturated rings. The minimum atomic E-state index is -0.963. The highest BCUT2D eigenvalue weighted by atomic mass is 79.9. The van der Waals surface area contributed by atoms with Crippen LogP contribution < -0.4 is 10.6 Å². The maximum absolute atomic E-state index is 14.4. The van der Waals surface area contributed by atoms with E-state index in [1.54, 1.807) is 4.80 Å². The molecule has 266 valence electrons. The Morgan fingerprint density at radius 2 is 1.42 bits per heavy atom. The molecule has 0 bridgehead atoms. The molecule has 0 saturated carbocycles. The van der Waals surface area contributed by atoms with E-state index in [1.807, 2.05) is 66.4 Å². The fraction of sp³-hybridized carbons (Fsp3) is 0.238. The van der Waals surface area contributed by atoms with E-state index in [4.69, 9.17) is 10.2 Å². The summed E-state index contributed by atoms with van der Waals surface area (Å²) in [5.41, 5.74) is 6.14. The van der Waals surface area contributed by atoms with E-state index in [0.29, 0.717) is 16.0 Å². The normalized spacial score (nSPS) is 15.5. The second kappa shape index (κ2) is 16.1. The van der Waals surface area contributed by atoms with E-state index in [-0.39, 0.29) is 19.0 Å². The number of aliphatic hydroxyl groups is 1. The van der Waals surface area contributed by atoms with Gasteiger partial charge >= 0.3 is 0 Å². The Morgan fingerprint density at radius 1 is 0.827 bits per heavy atom. The van der Waals surface area contributed by atoms with E-state index in [1.165, 1.54) is 28.8 Å². The zero-order chi connectivity index (χ0) is 36.1. The van der Waals surface area contributed by atoms with Crippen molar-refractivity contribution in [1.82, 2.24) is 20.3 Å². The molecular formula is C42H40BrF2N5OS. The van der Waals surface area contributed by atoms with E-state index in [9.17, 15) is 13.9 Å². The lowest BCUT2D eigenvalue weighted by atomic mass is 9.77. The first-order chi connectivity index (χ1) is 25.3. The molecule has 0 aliphatic carbocycles. The summed E-state index contributed by atoms with van der Waals surface area (Å²) in [6.07, 6.45) is 0.116. The SMILES string of the molecule is CCc1ccc2c(c1)C(NCC(O)C(Cc1cc(F)cc(F)c1)Nc1nn(C(c3ccccc3)(c3ccccc3)c3ccccc3)nc1Br)CSC2. The molecule has 2 heterocycles. The number of halogens is 3. The average molecular weight is 781 g/mol. The number of aliphatic hydroxyl groups excluding tert-OH is 1. The number of thioether (sulfide) groups is 1. The third-order valence-corrected chi connectivity index (χ3v) is 11.3. The zero-order valence-corrected chi connectivity index (χ0v) is 31.1. The Hall–Kier alpha value is -4.35. The molecule has 0 saturated heterocycles. The highest BCUT2D eigenvalue weighted by Crippen LogP contribution is 2.41. The maximum Gasteiger partial charge on any atom is 0.183 e. The van der Waals surface area contributed by atoms with E-state index < -0.39 is 29.3 Å². The fourth-order valence-corrected chi connectivity index (χ4v) is 8.60. The largest absolute Gasteiger partial charge is 0.390 e. The summed E-state index contributed by atoms with van der Waals surface area (Å²) >= 11 is 5.53. The maximum atomic E-state index is 14.4. The predicted octanol–water partition coefficient (Wildman–Crippen LogP) is 8.68. The molecule has 0 amide bonds. The van der Waals surface area contributed by atoms with Gasteiger partial charge in [-0.1, -0.05) is 116 Å². The molecule has 6 aromatic rings. The lowest BCUT2D eigenvalue weighted by Gasteiger charge is -2.34. The Balaban J connectivity index is 1.25. The van der Waals surface area contributed by atoms with Crippen molar-refractivity contribution in [2.24, 2.45) is 0 Å². The first-order valence-corrected chi connectivity index (χ1v) is 19.4. The molecule has 0 spiro atoms. The van der Waals surface area contributed by atoms with Crippen molar-refractivity contribution in [1.29, 1.82) is 0 Å². The zero-order valence-electron chi connectivity index (χ0n) is 28.7. The van der Waals surface area contributed by atoms with Crippen molar-refractivity contribution in [2.45, 2.75) is 49.2 Å². The van der Waals surface area contributed by atoms with Crippen molar-refractivity contribution in [3.8, 4) is 0 Å². The number of anilines is 1. The van der Waals surface area contributed by atoms with Crippen LogP contribution in [0.2, 0.25) is 0 Å². The number of hydrogen-bond acceptors (Lipinski definition) is 6. The number of hydrogen-bond donors (Lipinski definition) is 3. The monoisotopic (exact) mass is 779 g/mol. The van der Waals surface area contributed by atoms with Crippen LogP contribution in [0.3, 0.4) is 0 Å². The molecule has 52 heavy (non-hydrogen) atoms. The molecule has 10 heteroatoms. The van der Waals surface area contributed by atoms with Gasteiger partial charge in [0.25, 0.3) is 0 Å². The van der Waals surface area contributed by atoms with Crippen LogP contribution in [0.15, 0.2) is 132 Å². The van der Waals surface area contributed by atoms with Crippen molar-refractivity contribution in [2.75, 3.05) is 17.6 Å². The second-order valence-corrected chi connectivity index (χ2v) is 14.9. The number of aryl methyl sites for hydroxylation is 1. The van der Waals surface area contributed by atoms with Crippen molar-refractivity contribution < 1.29 is 13.9 Å². The number of nitrogens with zero attached hydrogens (tertiary/aromatic N) is 3. The van der Waals surface area contributed by atoms with E-state index in [2.05, 4.69) is 88.1 Å². The predicted molar refractivity (Wildman–Crippen MR) is 209 cm³/mol. The molecule has 3 atom stereocenters. The van der Waals surface area contributed by atoms with E-state index >= 15 is 0 Å². The third-order valence-electron chi connectivity index (χ3n) is 9.72. The Morgan fingerprint density at radius 3 is 2.00 bits per heavy atom. The minimum Gasteiger partial charge on any atom is -0.390 e. The molecule has 6 nitrogen and oxygen atoms in total. The fourth-order valence-electron chi connectivity index (χ4n) is 7.12. The van der Waals surface area contributed by atoms with Crippen molar-refractivity contribution in [3.63, 3.8) is 0 Å². The molecule has 3 unspecified atom stereocenters. The van der Waals surface area contributed by atoms with Gasteiger partial charge in [-0.15, -0.1) is 10.2 Å². The number of benzene rings is 5. The van der Waals surface area contributed by atoms with Gasteiger partial charge in [-0.2, -0.15) is 16.6 Å². The van der Waals surface area contributed by atoms with Crippen molar-refractivity contribution >= 4 is 33.5 Å². The van der Waals surface area contributed by atoms with E-state index in [0.717, 1.165) is 40.7 Å². The summed E-state index contributed by atoms with van der Waals surface area (Å²) in [6, 6.07) is 39.8. The standard InChI is InChI=1S/C42H40BrF2N5OS/c1-2-28-18-19-30-26-52-27-38(36(30)22-28)46-25-39(51)37(23-29-20-34(44)24-35(45)21-29)47-41-40(43)48-50(49-41)42(31-12-6-3-7-13-31,32-14-8-4-9-15-32)33-16-10-5-11-17-33/h3-22,24,37-39,46,51H,2,23,25-27H2,1H3,(H,47,49). The summed E-state index contributed by atoms with van der Waals surface area (Å²) in [5.74, 6) is 0.874. The first kappa shape index (κ1) is 36.0. The molecule has 1 aromatic heterocycles. The van der Waals surface area contributed by atoms with Gasteiger partial charge in [0.2, 0.25) is 0 Å². The van der Waals surface area contributed by atoms with Crippen LogP contribution in [-0.4, -0.2) is 44.5 Å². The summed E-state index contributed by atoms with van der Waals surface area (Å²) in [4.78, 5) is 1.70. The highest BCUT2D eigenvalue weighted by molar-refractivity contribution is 9.10. The first-order valence-electron chi connectivity index (χ1n) is 17.5. The molecule has 1 aliphatic heterocycles. The van der Waals surface area contributed by atoms with Gasteiger partial charge in [0.1, 0.15) is 11.6 Å². The summed E-state index contributed by atoms with van der Waals surface area (Å²) in [7, 11) is 0. The van der Waals surface area contributed by atoms with Crippen molar-refractivity contribution in [3.05, 3.63) is 183 Å². The molecule has 7 rings (SSSR count). The van der Waals surface area contributed by atoms with Crippen LogP contribution in [-0.2, 0) is 24.1 Å². The smallest absolute Gasteiger partial charge is 0.183 e. The summed E-state index contributed by atoms with van der Waals surface area (Å²) < 4.78 is 29.3. The van der Waals surface area contributed by atoms with Crippen LogP contribution >= 0.6 is 27.7 Å². The quantitative estimate of drug-likeness (QED) is 0.102. The number of fused-ring (bicyclic) bond motifs is 1. The van der Waals surface area contributed by atoms with Crippen LogP contribution in [0.1, 0.15) is 51.9 Å². The van der Waals surface area contributed by atoms with Gasteiger partial charge in [0.15, 0.2) is 16.0 Å². The number of nitrogens with one attached hydrogen (secondary N) is 2. The number of aromatic nitrogens is 3. The van der Waals surface area contributed by atoms with Gasteiger partial charge in [-0.05, 0) is 79.8 Å². The second-order valence-electron chi connectivity index (χ2n) is 13.1.